The van der Waals surface area contributed by atoms with Gasteiger partial charge in [-0.2, -0.15) is 0 Å². The van der Waals surface area contributed by atoms with Crippen molar-refractivity contribution in [2.24, 2.45) is 0 Å². The van der Waals surface area contributed by atoms with Crippen molar-refractivity contribution in [3.05, 3.63) is 30.7 Å². The molecule has 5 nitrogen and oxygen atoms in total. The van der Waals surface area contributed by atoms with Crippen LogP contribution in [0.5, 0.6) is 0 Å². The number of para-hydroxylation sites is 1. The molecule has 6 heteroatoms. The summed E-state index contributed by atoms with van der Waals surface area (Å²) in [5.74, 6) is 0.629. The minimum Gasteiger partial charge on any atom is -0.423 e. The third kappa shape index (κ3) is 2.95. The van der Waals surface area contributed by atoms with Crippen molar-refractivity contribution < 1.29 is 9.52 Å². The molecular formula is C11H12ClN3O2. The summed E-state index contributed by atoms with van der Waals surface area (Å²) in [4.78, 5) is 0. The largest absolute Gasteiger partial charge is 0.423 e. The fourth-order valence-corrected chi connectivity index (χ4v) is 1.51. The molecule has 0 aliphatic carbocycles. The van der Waals surface area contributed by atoms with E-state index in [-0.39, 0.29) is 5.88 Å². The number of rotatable bonds is 5. The Morgan fingerprint density at radius 2 is 2.24 bits per heavy atom. The van der Waals surface area contributed by atoms with E-state index in [0.717, 1.165) is 11.3 Å². The fourth-order valence-electron chi connectivity index (χ4n) is 1.40. The van der Waals surface area contributed by atoms with Crippen LogP contribution in [0.3, 0.4) is 0 Å². The Balaban J connectivity index is 2.17. The number of hydrogen-bond acceptors (Lipinski definition) is 5. The monoisotopic (exact) mass is 253 g/mol. The molecule has 0 radical (unpaired) electrons. The maximum Gasteiger partial charge on any atom is 0.249 e. The molecule has 2 N–H and O–H groups in total. The van der Waals surface area contributed by atoms with Gasteiger partial charge in [-0.25, -0.2) is 0 Å². The molecule has 2 rings (SSSR count). The molecule has 1 heterocycles. The van der Waals surface area contributed by atoms with E-state index in [2.05, 4.69) is 15.5 Å². The van der Waals surface area contributed by atoms with Gasteiger partial charge in [0.15, 0.2) is 0 Å². The first kappa shape index (κ1) is 11.9. The van der Waals surface area contributed by atoms with Gasteiger partial charge >= 0.3 is 0 Å². The third-order valence-corrected chi connectivity index (χ3v) is 2.58. The van der Waals surface area contributed by atoms with Gasteiger partial charge in [-0.05, 0) is 12.1 Å². The van der Waals surface area contributed by atoms with Crippen LogP contribution in [0.2, 0.25) is 0 Å². The average Bonchev–Trinajstić information content (AvgIpc) is 2.90. The maximum atomic E-state index is 9.39. The van der Waals surface area contributed by atoms with Gasteiger partial charge in [0.05, 0.1) is 17.5 Å². The van der Waals surface area contributed by atoms with Crippen LogP contribution >= 0.6 is 11.6 Å². The lowest BCUT2D eigenvalue weighted by atomic mass is 10.1. The summed E-state index contributed by atoms with van der Waals surface area (Å²) in [5.41, 5.74) is 1.62. The van der Waals surface area contributed by atoms with Gasteiger partial charge in [0.25, 0.3) is 0 Å². The van der Waals surface area contributed by atoms with Crippen molar-refractivity contribution in [1.82, 2.24) is 10.2 Å². The average molecular weight is 254 g/mol. The molecule has 1 unspecified atom stereocenters. The van der Waals surface area contributed by atoms with Crippen molar-refractivity contribution in [3.8, 4) is 11.5 Å². The molecular weight excluding hydrogens is 242 g/mol. The number of anilines is 1. The van der Waals surface area contributed by atoms with Crippen LogP contribution in [0.1, 0.15) is 0 Å². The maximum absolute atomic E-state index is 9.39. The molecule has 1 aromatic carbocycles. The van der Waals surface area contributed by atoms with Crippen LogP contribution in [-0.4, -0.2) is 33.8 Å². The molecule has 0 aliphatic rings. The first-order valence-electron chi connectivity index (χ1n) is 5.14. The van der Waals surface area contributed by atoms with Crippen LogP contribution in [0.15, 0.2) is 35.1 Å². The zero-order valence-electron chi connectivity index (χ0n) is 9.01. The van der Waals surface area contributed by atoms with Crippen LogP contribution < -0.4 is 5.32 Å². The predicted octanol–water partition coefficient (Wildman–Crippen LogP) is 1.75. The standard InChI is InChI=1S/C11H12ClN3O2/c12-5-8(16)6-13-10-4-2-1-3-9(10)11-15-14-7-17-11/h1-4,7-8,13,16H,5-6H2. The summed E-state index contributed by atoms with van der Waals surface area (Å²) in [6.07, 6.45) is 0.687. The molecule has 0 saturated carbocycles. The molecule has 90 valence electrons. The number of hydrogen-bond donors (Lipinski definition) is 2. The molecule has 1 atom stereocenters. The van der Waals surface area contributed by atoms with Gasteiger partial charge in [0.1, 0.15) is 0 Å². The summed E-state index contributed by atoms with van der Waals surface area (Å²) >= 11 is 5.53. The highest BCUT2D eigenvalue weighted by atomic mass is 35.5. The SMILES string of the molecule is OC(CCl)CNc1ccccc1-c1nnco1. The Morgan fingerprint density at radius 3 is 2.94 bits per heavy atom. The molecule has 1 aromatic heterocycles. The molecule has 0 spiro atoms. The number of halogens is 1. The van der Waals surface area contributed by atoms with Crippen LogP contribution in [-0.2, 0) is 0 Å². The summed E-state index contributed by atoms with van der Waals surface area (Å²) in [7, 11) is 0. The molecule has 0 fully saturated rings. The Bertz CT molecular complexity index is 461. The number of aliphatic hydroxyl groups excluding tert-OH is 1. The zero-order valence-corrected chi connectivity index (χ0v) is 9.76. The normalized spacial score (nSPS) is 12.4. The lowest BCUT2D eigenvalue weighted by molar-refractivity contribution is 0.211. The van der Waals surface area contributed by atoms with E-state index in [4.69, 9.17) is 16.0 Å². The number of nitrogens with one attached hydrogen (secondary N) is 1. The molecule has 2 aromatic rings. The van der Waals surface area contributed by atoms with E-state index in [9.17, 15) is 5.11 Å². The second kappa shape index (κ2) is 5.65. The molecule has 0 amide bonds. The van der Waals surface area contributed by atoms with Crippen molar-refractivity contribution >= 4 is 17.3 Å². The van der Waals surface area contributed by atoms with Crippen molar-refractivity contribution in [1.29, 1.82) is 0 Å². The molecule has 0 saturated heterocycles. The fraction of sp³-hybridized carbons (Fsp3) is 0.273. The van der Waals surface area contributed by atoms with Gasteiger partial charge in [0, 0.05) is 12.2 Å². The lowest BCUT2D eigenvalue weighted by Gasteiger charge is -2.12. The Kier molecular flexibility index (Phi) is 3.95. The minimum atomic E-state index is -0.590. The quantitative estimate of drug-likeness (QED) is 0.795. The molecule has 17 heavy (non-hydrogen) atoms. The minimum absolute atomic E-state index is 0.190. The molecule has 0 aliphatic heterocycles. The second-order valence-electron chi connectivity index (χ2n) is 3.48. The molecule has 0 bridgehead atoms. The Hall–Kier alpha value is -1.59. The van der Waals surface area contributed by atoms with E-state index in [1.807, 2.05) is 24.3 Å². The Morgan fingerprint density at radius 1 is 1.41 bits per heavy atom. The summed E-state index contributed by atoms with van der Waals surface area (Å²) in [6, 6.07) is 7.50. The van der Waals surface area contributed by atoms with Crippen LogP contribution in [0.4, 0.5) is 5.69 Å². The number of aliphatic hydroxyl groups is 1. The van der Waals surface area contributed by atoms with Gasteiger partial charge in [0.2, 0.25) is 12.3 Å². The van der Waals surface area contributed by atoms with E-state index in [0.29, 0.717) is 12.4 Å². The Labute approximate surface area is 103 Å². The lowest BCUT2D eigenvalue weighted by Crippen LogP contribution is -2.21. The summed E-state index contributed by atoms with van der Waals surface area (Å²) in [6.45, 7) is 0.370. The van der Waals surface area contributed by atoms with E-state index < -0.39 is 6.10 Å². The summed E-state index contributed by atoms with van der Waals surface area (Å²) in [5, 5.41) is 20.0. The van der Waals surface area contributed by atoms with E-state index in [1.54, 1.807) is 0 Å². The predicted molar refractivity (Wildman–Crippen MR) is 65.0 cm³/mol. The highest BCUT2D eigenvalue weighted by Gasteiger charge is 2.10. The number of nitrogens with zero attached hydrogens (tertiary/aromatic N) is 2. The van der Waals surface area contributed by atoms with Crippen molar-refractivity contribution in [3.63, 3.8) is 0 Å². The van der Waals surface area contributed by atoms with Crippen molar-refractivity contribution in [2.75, 3.05) is 17.7 Å². The smallest absolute Gasteiger partial charge is 0.249 e. The van der Waals surface area contributed by atoms with Gasteiger partial charge < -0.3 is 14.8 Å². The number of benzene rings is 1. The van der Waals surface area contributed by atoms with Gasteiger partial charge in [-0.1, -0.05) is 12.1 Å². The summed E-state index contributed by atoms with van der Waals surface area (Å²) < 4.78 is 5.14. The first-order chi connectivity index (χ1) is 8.31. The van der Waals surface area contributed by atoms with Crippen molar-refractivity contribution in [2.45, 2.75) is 6.10 Å². The first-order valence-corrected chi connectivity index (χ1v) is 5.68. The van der Waals surface area contributed by atoms with E-state index >= 15 is 0 Å². The van der Waals surface area contributed by atoms with Gasteiger partial charge in [-0.3, -0.25) is 0 Å². The third-order valence-electron chi connectivity index (χ3n) is 2.22. The highest BCUT2D eigenvalue weighted by Crippen LogP contribution is 2.25. The second-order valence-corrected chi connectivity index (χ2v) is 3.79. The van der Waals surface area contributed by atoms with E-state index in [1.165, 1.54) is 6.39 Å². The number of alkyl halides is 1. The van der Waals surface area contributed by atoms with Crippen LogP contribution in [0.25, 0.3) is 11.5 Å². The van der Waals surface area contributed by atoms with Crippen LogP contribution in [0, 0.1) is 0 Å². The van der Waals surface area contributed by atoms with Gasteiger partial charge in [-0.15, -0.1) is 21.8 Å². The zero-order chi connectivity index (χ0) is 12.1. The number of aromatic nitrogens is 2. The topological polar surface area (TPSA) is 71.2 Å². The highest BCUT2D eigenvalue weighted by molar-refractivity contribution is 6.18.